The Bertz CT molecular complexity index is 1100. The average molecular weight is 413 g/mol. The number of sulfonamides is 1. The van der Waals surface area contributed by atoms with Crippen LogP contribution in [0.4, 0.5) is 11.4 Å². The third kappa shape index (κ3) is 4.55. The van der Waals surface area contributed by atoms with Crippen LogP contribution in [-0.2, 0) is 10.0 Å². The lowest BCUT2D eigenvalue weighted by Gasteiger charge is -2.14. The minimum Gasteiger partial charge on any atom is -0.322 e. The number of carbonyl (C=O) groups is 1. The third-order valence-corrected chi connectivity index (χ3v) is 6.31. The molecule has 0 aliphatic carbocycles. The van der Waals surface area contributed by atoms with Crippen LogP contribution >= 0.6 is 11.8 Å². The van der Waals surface area contributed by atoms with Gasteiger partial charge in [-0.2, -0.15) is 0 Å². The zero-order valence-electron chi connectivity index (χ0n) is 15.5. The van der Waals surface area contributed by atoms with Gasteiger partial charge in [0.25, 0.3) is 15.9 Å². The van der Waals surface area contributed by atoms with Crippen molar-refractivity contribution in [3.8, 4) is 0 Å². The molecule has 2 N–H and O–H groups in total. The van der Waals surface area contributed by atoms with Crippen LogP contribution in [0.25, 0.3) is 0 Å². The molecule has 5 nitrogen and oxygen atoms in total. The van der Waals surface area contributed by atoms with E-state index in [4.69, 9.17) is 0 Å². The van der Waals surface area contributed by atoms with Crippen molar-refractivity contribution in [2.24, 2.45) is 0 Å². The predicted octanol–water partition coefficient (Wildman–Crippen LogP) is 4.77. The highest BCUT2D eigenvalue weighted by Crippen LogP contribution is 2.24. The topological polar surface area (TPSA) is 75.3 Å². The number of amides is 1. The van der Waals surface area contributed by atoms with Gasteiger partial charge in [0.1, 0.15) is 0 Å². The maximum atomic E-state index is 12.7. The smallest absolute Gasteiger partial charge is 0.261 e. The molecule has 3 aromatic rings. The van der Waals surface area contributed by atoms with Crippen molar-refractivity contribution in [2.75, 3.05) is 16.3 Å². The van der Waals surface area contributed by atoms with E-state index in [1.807, 2.05) is 30.5 Å². The number of thioether (sulfide) groups is 1. The molecule has 3 rings (SSSR count). The third-order valence-electron chi connectivity index (χ3n) is 4.20. The van der Waals surface area contributed by atoms with Crippen LogP contribution in [0.1, 0.15) is 15.9 Å². The summed E-state index contributed by atoms with van der Waals surface area (Å²) in [5, 5.41) is 2.87. The lowest BCUT2D eigenvalue weighted by atomic mass is 10.1. The molecular weight excluding hydrogens is 392 g/mol. The SMILES string of the molecule is CSc1cccc(NC(=O)c2cccc(NS(=O)(=O)c3ccccc3)c2C)c1. The second kappa shape index (κ2) is 8.50. The van der Waals surface area contributed by atoms with Crippen LogP contribution < -0.4 is 10.0 Å². The maximum Gasteiger partial charge on any atom is 0.261 e. The number of carbonyl (C=O) groups excluding carboxylic acids is 1. The normalized spacial score (nSPS) is 11.1. The minimum absolute atomic E-state index is 0.165. The summed E-state index contributed by atoms with van der Waals surface area (Å²) in [6, 6.07) is 20.6. The van der Waals surface area contributed by atoms with Crippen LogP contribution in [-0.4, -0.2) is 20.6 Å². The van der Waals surface area contributed by atoms with Crippen LogP contribution in [0.5, 0.6) is 0 Å². The van der Waals surface area contributed by atoms with E-state index in [-0.39, 0.29) is 10.8 Å². The molecule has 0 aromatic heterocycles. The Morgan fingerprint density at radius 3 is 2.36 bits per heavy atom. The number of anilines is 2. The second-order valence-electron chi connectivity index (χ2n) is 6.08. The molecule has 1 amide bonds. The summed E-state index contributed by atoms with van der Waals surface area (Å²) in [4.78, 5) is 13.9. The Balaban J connectivity index is 1.85. The first-order chi connectivity index (χ1) is 13.4. The van der Waals surface area contributed by atoms with Gasteiger partial charge in [-0.25, -0.2) is 8.42 Å². The zero-order valence-corrected chi connectivity index (χ0v) is 17.1. The Labute approximate surface area is 169 Å². The number of benzene rings is 3. The number of nitrogens with one attached hydrogen (secondary N) is 2. The highest BCUT2D eigenvalue weighted by Gasteiger charge is 2.18. The van der Waals surface area contributed by atoms with Crippen molar-refractivity contribution in [1.29, 1.82) is 0 Å². The van der Waals surface area contributed by atoms with Crippen LogP contribution in [0, 0.1) is 6.92 Å². The maximum absolute atomic E-state index is 12.7. The van der Waals surface area contributed by atoms with Gasteiger partial charge in [0.2, 0.25) is 0 Å². The quantitative estimate of drug-likeness (QED) is 0.572. The number of hydrogen-bond acceptors (Lipinski definition) is 4. The molecule has 0 radical (unpaired) electrons. The van der Waals surface area contributed by atoms with Crippen molar-refractivity contribution in [3.05, 3.63) is 83.9 Å². The van der Waals surface area contributed by atoms with Crippen LogP contribution in [0.2, 0.25) is 0 Å². The summed E-state index contributed by atoms with van der Waals surface area (Å²) in [6.07, 6.45) is 1.97. The lowest BCUT2D eigenvalue weighted by Crippen LogP contribution is -2.17. The largest absolute Gasteiger partial charge is 0.322 e. The molecule has 0 spiro atoms. The fourth-order valence-electron chi connectivity index (χ4n) is 2.69. The molecule has 144 valence electrons. The van der Waals surface area contributed by atoms with E-state index in [0.29, 0.717) is 22.5 Å². The molecule has 0 saturated heterocycles. The van der Waals surface area contributed by atoms with Gasteiger partial charge in [0.15, 0.2) is 0 Å². The molecule has 0 saturated carbocycles. The van der Waals surface area contributed by atoms with Crippen LogP contribution in [0.3, 0.4) is 0 Å². The highest BCUT2D eigenvalue weighted by atomic mass is 32.2. The fraction of sp³-hybridized carbons (Fsp3) is 0.0952. The Morgan fingerprint density at radius 2 is 1.64 bits per heavy atom. The van der Waals surface area contributed by atoms with E-state index in [0.717, 1.165) is 4.90 Å². The fourth-order valence-corrected chi connectivity index (χ4v) is 4.30. The molecule has 0 aliphatic heterocycles. The van der Waals surface area contributed by atoms with E-state index in [1.54, 1.807) is 55.1 Å². The van der Waals surface area contributed by atoms with Crippen molar-refractivity contribution in [3.63, 3.8) is 0 Å². The van der Waals surface area contributed by atoms with Gasteiger partial charge in [-0.1, -0.05) is 30.3 Å². The summed E-state index contributed by atoms with van der Waals surface area (Å²) < 4.78 is 27.7. The summed E-state index contributed by atoms with van der Waals surface area (Å²) in [7, 11) is -3.73. The van der Waals surface area contributed by atoms with Gasteiger partial charge < -0.3 is 5.32 Å². The molecule has 0 heterocycles. The van der Waals surface area contributed by atoms with E-state index < -0.39 is 10.0 Å². The van der Waals surface area contributed by atoms with Crippen molar-refractivity contribution < 1.29 is 13.2 Å². The van der Waals surface area contributed by atoms with Crippen molar-refractivity contribution in [1.82, 2.24) is 0 Å². The van der Waals surface area contributed by atoms with Gasteiger partial charge in [-0.15, -0.1) is 11.8 Å². The van der Waals surface area contributed by atoms with E-state index in [2.05, 4.69) is 10.0 Å². The number of rotatable bonds is 6. The minimum atomic E-state index is -3.73. The molecule has 0 bridgehead atoms. The van der Waals surface area contributed by atoms with Gasteiger partial charge in [0.05, 0.1) is 10.6 Å². The van der Waals surface area contributed by atoms with E-state index in [9.17, 15) is 13.2 Å². The van der Waals surface area contributed by atoms with Crippen LogP contribution in [0.15, 0.2) is 82.6 Å². The Morgan fingerprint density at radius 1 is 0.929 bits per heavy atom. The molecule has 28 heavy (non-hydrogen) atoms. The van der Waals surface area contributed by atoms with E-state index in [1.165, 1.54) is 12.1 Å². The summed E-state index contributed by atoms with van der Waals surface area (Å²) in [5.74, 6) is -0.295. The van der Waals surface area contributed by atoms with Gasteiger partial charge >= 0.3 is 0 Å². The molecular formula is C21H20N2O3S2. The monoisotopic (exact) mass is 412 g/mol. The summed E-state index contributed by atoms with van der Waals surface area (Å²) >= 11 is 1.59. The second-order valence-corrected chi connectivity index (χ2v) is 8.64. The lowest BCUT2D eigenvalue weighted by molar-refractivity contribution is 0.102. The molecule has 0 unspecified atom stereocenters. The van der Waals surface area contributed by atoms with Crippen molar-refractivity contribution in [2.45, 2.75) is 16.7 Å². The first-order valence-corrected chi connectivity index (χ1v) is 11.2. The standard InChI is InChI=1S/C21H20N2O3S2/c1-15-19(21(24)22-16-8-6-9-17(14-16)27-2)12-7-13-20(15)23-28(25,26)18-10-4-3-5-11-18/h3-14,23H,1-2H3,(H,22,24). The molecule has 3 aromatic carbocycles. The van der Waals surface area contributed by atoms with Gasteiger partial charge in [-0.3, -0.25) is 9.52 Å². The first kappa shape index (κ1) is 20.0. The highest BCUT2D eigenvalue weighted by molar-refractivity contribution is 7.98. The van der Waals surface area contributed by atoms with Gasteiger partial charge in [-0.05, 0) is 61.2 Å². The molecule has 0 fully saturated rings. The zero-order chi connectivity index (χ0) is 20.1. The van der Waals surface area contributed by atoms with Gasteiger partial charge in [0, 0.05) is 16.1 Å². The van der Waals surface area contributed by atoms with E-state index >= 15 is 0 Å². The number of hydrogen-bond donors (Lipinski definition) is 2. The summed E-state index contributed by atoms with van der Waals surface area (Å²) in [6.45, 7) is 1.72. The first-order valence-electron chi connectivity index (χ1n) is 8.53. The molecule has 0 aliphatic rings. The van der Waals surface area contributed by atoms with Crippen molar-refractivity contribution >= 4 is 39.1 Å². The Kier molecular flexibility index (Phi) is 6.06. The predicted molar refractivity (Wildman–Crippen MR) is 115 cm³/mol. The molecule has 7 heteroatoms. The summed E-state index contributed by atoms with van der Waals surface area (Å²) in [5.41, 5.74) is 2.02. The Hall–Kier alpha value is -2.77. The average Bonchev–Trinajstić information content (AvgIpc) is 2.70. The molecule has 0 atom stereocenters.